The first kappa shape index (κ1) is 10.6. The Morgan fingerprint density at radius 1 is 1.33 bits per heavy atom. The number of hydrogen-bond acceptors (Lipinski definition) is 3. The van der Waals surface area contributed by atoms with Crippen molar-refractivity contribution in [2.75, 3.05) is 11.6 Å². The molecular weight excluding hydrogens is 249 g/mol. The van der Waals surface area contributed by atoms with Crippen molar-refractivity contribution in [1.82, 2.24) is 4.90 Å². The molecule has 1 aromatic heterocycles. The van der Waals surface area contributed by atoms with Crippen molar-refractivity contribution >= 4 is 28.6 Å². The van der Waals surface area contributed by atoms with Gasteiger partial charge >= 0.3 is 6.30 Å². The van der Waals surface area contributed by atoms with Gasteiger partial charge in [0.2, 0.25) is 0 Å². The predicted molar refractivity (Wildman–Crippen MR) is 53.7 cm³/mol. The fraction of sp³-hybridized carbons (Fsp3) is 0.250. The molecule has 15 heavy (non-hydrogen) atoms. The van der Waals surface area contributed by atoms with Crippen LogP contribution < -0.4 is 4.90 Å². The summed E-state index contributed by atoms with van der Waals surface area (Å²) in [5.41, 5.74) is 0.602. The second-order valence-corrected chi connectivity index (χ2v) is 4.44. The van der Waals surface area contributed by atoms with E-state index >= 15 is 0 Å². The zero-order valence-electron chi connectivity index (χ0n) is 7.33. The highest BCUT2D eigenvalue weighted by molar-refractivity contribution is 7.15. The third-order valence-corrected chi connectivity index (χ3v) is 3.11. The molecule has 1 aliphatic heterocycles. The average Bonchev–Trinajstić information content (AvgIpc) is 2.69. The maximum atomic E-state index is 12.3. The zero-order valence-corrected chi connectivity index (χ0v) is 8.90. The molecule has 0 unspecified atom stereocenters. The lowest BCUT2D eigenvalue weighted by molar-refractivity contribution is -0.224. The summed E-state index contributed by atoms with van der Waals surface area (Å²) >= 11 is 7.12. The molecule has 2 nitrogen and oxygen atoms in total. The van der Waals surface area contributed by atoms with E-state index in [4.69, 9.17) is 11.6 Å². The highest BCUT2D eigenvalue weighted by atomic mass is 35.5. The minimum absolute atomic E-state index is 0.250. The lowest BCUT2D eigenvalue weighted by Gasteiger charge is -2.22. The molecule has 0 saturated heterocycles. The SMILES string of the molecule is FC(F)(F)N1C=CN(c2ccsc2Cl)C1. The predicted octanol–water partition coefficient (Wildman–Crippen LogP) is 3.47. The van der Waals surface area contributed by atoms with Gasteiger partial charge in [-0.05, 0) is 11.4 Å². The molecule has 0 aliphatic carbocycles. The van der Waals surface area contributed by atoms with Crippen LogP contribution in [0.4, 0.5) is 18.9 Å². The van der Waals surface area contributed by atoms with Gasteiger partial charge in [-0.1, -0.05) is 11.6 Å². The summed E-state index contributed by atoms with van der Waals surface area (Å²) in [6.45, 7) is -0.250. The monoisotopic (exact) mass is 254 g/mol. The molecule has 0 atom stereocenters. The third kappa shape index (κ3) is 2.05. The number of thiophene rings is 1. The van der Waals surface area contributed by atoms with Gasteiger partial charge in [0.1, 0.15) is 11.0 Å². The van der Waals surface area contributed by atoms with Gasteiger partial charge in [0.25, 0.3) is 0 Å². The summed E-state index contributed by atoms with van der Waals surface area (Å²) in [5, 5.41) is 1.74. The molecule has 82 valence electrons. The average molecular weight is 255 g/mol. The minimum atomic E-state index is -4.34. The molecule has 1 aliphatic rings. The van der Waals surface area contributed by atoms with Crippen molar-refractivity contribution in [2.24, 2.45) is 0 Å². The van der Waals surface area contributed by atoms with Crippen LogP contribution >= 0.6 is 22.9 Å². The summed E-state index contributed by atoms with van der Waals surface area (Å²) in [5.74, 6) is 0. The smallest absolute Gasteiger partial charge is 0.326 e. The molecule has 0 aromatic carbocycles. The van der Waals surface area contributed by atoms with Crippen LogP contribution in [0.15, 0.2) is 23.8 Å². The molecule has 0 bridgehead atoms. The van der Waals surface area contributed by atoms with E-state index in [1.54, 1.807) is 11.4 Å². The highest BCUT2D eigenvalue weighted by Crippen LogP contribution is 2.35. The first-order valence-electron chi connectivity index (χ1n) is 4.00. The third-order valence-electron chi connectivity index (χ3n) is 1.97. The molecule has 2 rings (SSSR count). The lowest BCUT2D eigenvalue weighted by atomic mass is 10.5. The number of alkyl halides is 3. The molecule has 0 saturated carbocycles. The first-order chi connectivity index (χ1) is 6.98. The summed E-state index contributed by atoms with van der Waals surface area (Å²) in [7, 11) is 0. The van der Waals surface area contributed by atoms with E-state index in [0.717, 1.165) is 6.20 Å². The van der Waals surface area contributed by atoms with Crippen molar-refractivity contribution in [3.8, 4) is 0 Å². The van der Waals surface area contributed by atoms with Gasteiger partial charge in [-0.25, -0.2) is 0 Å². The quantitative estimate of drug-likeness (QED) is 0.708. The van der Waals surface area contributed by atoms with Crippen LogP contribution in [0.25, 0.3) is 0 Å². The molecule has 0 radical (unpaired) electrons. The number of anilines is 1. The normalized spacial score (nSPS) is 16.5. The number of nitrogens with zero attached hydrogens (tertiary/aromatic N) is 2. The van der Waals surface area contributed by atoms with Gasteiger partial charge in [0.05, 0.1) is 5.69 Å². The van der Waals surface area contributed by atoms with Crippen LogP contribution in [0.2, 0.25) is 4.34 Å². The topological polar surface area (TPSA) is 6.48 Å². The molecule has 0 fully saturated rings. The Morgan fingerprint density at radius 3 is 2.53 bits per heavy atom. The molecule has 1 aromatic rings. The van der Waals surface area contributed by atoms with E-state index in [9.17, 15) is 13.2 Å². The van der Waals surface area contributed by atoms with Crippen LogP contribution in [0.1, 0.15) is 0 Å². The number of halogens is 4. The maximum Gasteiger partial charge on any atom is 0.485 e. The van der Waals surface area contributed by atoms with Crippen molar-refractivity contribution in [2.45, 2.75) is 6.30 Å². The van der Waals surface area contributed by atoms with Gasteiger partial charge in [-0.15, -0.1) is 11.3 Å². The Morgan fingerprint density at radius 2 is 2.07 bits per heavy atom. The standard InChI is InChI=1S/C8H6ClF3N2S/c9-7-6(1-4-15-7)13-2-3-14(5-13)8(10,11)12/h1-4H,5H2. The van der Waals surface area contributed by atoms with Gasteiger partial charge in [-0.2, -0.15) is 13.2 Å². The van der Waals surface area contributed by atoms with E-state index in [0.29, 0.717) is 14.9 Å². The minimum Gasteiger partial charge on any atom is -0.326 e. The van der Waals surface area contributed by atoms with Crippen molar-refractivity contribution in [3.05, 3.63) is 28.2 Å². The largest absolute Gasteiger partial charge is 0.485 e. The Hall–Kier alpha value is -0.880. The molecule has 7 heteroatoms. The second-order valence-electron chi connectivity index (χ2n) is 2.93. The van der Waals surface area contributed by atoms with E-state index in [2.05, 4.69) is 0 Å². The van der Waals surface area contributed by atoms with Crippen molar-refractivity contribution in [1.29, 1.82) is 0 Å². The van der Waals surface area contributed by atoms with Crippen LogP contribution in [-0.4, -0.2) is 17.9 Å². The molecule has 0 N–H and O–H groups in total. The Labute approximate surface area is 93.2 Å². The van der Waals surface area contributed by atoms with Gasteiger partial charge < -0.3 is 4.90 Å². The van der Waals surface area contributed by atoms with Gasteiger partial charge in [0.15, 0.2) is 0 Å². The van der Waals surface area contributed by atoms with E-state index in [1.165, 1.54) is 22.4 Å². The van der Waals surface area contributed by atoms with Gasteiger partial charge in [0, 0.05) is 12.4 Å². The van der Waals surface area contributed by atoms with E-state index in [1.807, 2.05) is 0 Å². The molecular formula is C8H6ClF3N2S. The fourth-order valence-electron chi connectivity index (χ4n) is 1.23. The fourth-order valence-corrected chi connectivity index (χ4v) is 2.18. The van der Waals surface area contributed by atoms with Crippen LogP contribution in [0.3, 0.4) is 0 Å². The number of hydrogen-bond donors (Lipinski definition) is 0. The molecule has 0 spiro atoms. The second kappa shape index (κ2) is 3.61. The lowest BCUT2D eigenvalue weighted by Crippen LogP contribution is -2.36. The molecule has 0 amide bonds. The highest BCUT2D eigenvalue weighted by Gasteiger charge is 2.38. The van der Waals surface area contributed by atoms with E-state index in [-0.39, 0.29) is 6.67 Å². The summed E-state index contributed by atoms with van der Waals surface area (Å²) in [4.78, 5) is 1.74. The van der Waals surface area contributed by atoms with Gasteiger partial charge in [-0.3, -0.25) is 4.90 Å². The Balaban J connectivity index is 2.13. The molecule has 2 heterocycles. The summed E-state index contributed by atoms with van der Waals surface area (Å²) in [6.07, 6.45) is -1.98. The van der Waals surface area contributed by atoms with Crippen molar-refractivity contribution < 1.29 is 13.2 Å². The Kier molecular flexibility index (Phi) is 2.56. The van der Waals surface area contributed by atoms with Crippen molar-refractivity contribution in [3.63, 3.8) is 0 Å². The first-order valence-corrected chi connectivity index (χ1v) is 5.25. The maximum absolute atomic E-state index is 12.3. The van der Waals surface area contributed by atoms with E-state index < -0.39 is 6.30 Å². The zero-order chi connectivity index (χ0) is 11.1. The number of rotatable bonds is 1. The summed E-state index contributed by atoms with van der Waals surface area (Å²) in [6, 6.07) is 1.69. The van der Waals surface area contributed by atoms with Crippen LogP contribution in [0.5, 0.6) is 0 Å². The Bertz CT molecular complexity index is 387. The summed E-state index contributed by atoms with van der Waals surface area (Å²) < 4.78 is 37.4. The van der Waals surface area contributed by atoms with Crippen LogP contribution in [-0.2, 0) is 0 Å². The van der Waals surface area contributed by atoms with Crippen LogP contribution in [0, 0.1) is 0 Å².